The Morgan fingerprint density at radius 3 is 2.70 bits per heavy atom. The summed E-state index contributed by atoms with van der Waals surface area (Å²) in [6.45, 7) is 3.71. The Labute approximate surface area is 190 Å². The number of hydrogen-bond acceptors (Lipinski definition) is 8. The summed E-state index contributed by atoms with van der Waals surface area (Å²) in [7, 11) is 1.56. The molecule has 4 rings (SSSR count). The van der Waals surface area contributed by atoms with Gasteiger partial charge < -0.3 is 4.74 Å². The van der Waals surface area contributed by atoms with E-state index in [1.165, 1.54) is 29.9 Å². The summed E-state index contributed by atoms with van der Waals surface area (Å²) >= 11 is 1.44. The fourth-order valence-electron chi connectivity index (χ4n) is 3.56. The molecular formula is C21H19F3N6O2S. The number of thiazole rings is 1. The Morgan fingerprint density at radius 1 is 1.24 bits per heavy atom. The van der Waals surface area contributed by atoms with Crippen LogP contribution in [0.15, 0.2) is 30.9 Å². The number of halogens is 3. The molecule has 0 aliphatic heterocycles. The Morgan fingerprint density at radius 2 is 2.03 bits per heavy atom. The monoisotopic (exact) mass is 476 g/mol. The smallest absolute Gasteiger partial charge is 0.377 e. The van der Waals surface area contributed by atoms with Crippen molar-refractivity contribution in [2.45, 2.75) is 39.0 Å². The molecule has 1 unspecified atom stereocenters. The minimum Gasteiger partial charge on any atom is -0.377 e. The molecule has 0 bridgehead atoms. The minimum atomic E-state index is -4.67. The molecule has 0 radical (unpaired) electrons. The maximum Gasteiger partial charge on any atom is 0.420 e. The van der Waals surface area contributed by atoms with E-state index < -0.39 is 17.6 Å². The number of pyridine rings is 2. The Kier molecular flexibility index (Phi) is 6.21. The molecule has 0 spiro atoms. The lowest BCUT2D eigenvalue weighted by molar-refractivity contribution is -0.138. The molecular weight excluding hydrogens is 457 g/mol. The van der Waals surface area contributed by atoms with Crippen LogP contribution in [0.3, 0.4) is 0 Å². The number of hydrogen-bond donors (Lipinski definition) is 0. The van der Waals surface area contributed by atoms with Crippen LogP contribution >= 0.6 is 11.3 Å². The first-order valence-corrected chi connectivity index (χ1v) is 10.7. The summed E-state index contributed by atoms with van der Waals surface area (Å²) in [4.78, 5) is 26.4. The van der Waals surface area contributed by atoms with Crippen LogP contribution in [0.2, 0.25) is 0 Å². The number of alkyl halides is 3. The van der Waals surface area contributed by atoms with Crippen molar-refractivity contribution in [2.75, 3.05) is 7.11 Å². The second kappa shape index (κ2) is 8.94. The number of carbonyl (C=O) groups excluding carboxylic acids is 1. The minimum absolute atomic E-state index is 0.0191. The molecule has 0 aromatic carbocycles. The van der Waals surface area contributed by atoms with E-state index >= 15 is 0 Å². The molecule has 0 amide bonds. The van der Waals surface area contributed by atoms with E-state index in [4.69, 9.17) is 4.74 Å². The molecule has 0 aliphatic rings. The summed E-state index contributed by atoms with van der Waals surface area (Å²) < 4.78 is 47.3. The molecule has 0 N–H and O–H groups in total. The van der Waals surface area contributed by atoms with Crippen LogP contribution in [-0.2, 0) is 28.5 Å². The number of carbonyl (C=O) groups is 1. The zero-order valence-corrected chi connectivity index (χ0v) is 18.7. The molecule has 4 heterocycles. The van der Waals surface area contributed by atoms with E-state index in [2.05, 4.69) is 25.3 Å². The van der Waals surface area contributed by atoms with Crippen LogP contribution in [0.5, 0.6) is 0 Å². The van der Waals surface area contributed by atoms with Gasteiger partial charge in [-0.1, -0.05) is 16.6 Å². The summed E-state index contributed by atoms with van der Waals surface area (Å²) in [5.74, 6) is -0.683. The molecule has 4 aromatic rings. The van der Waals surface area contributed by atoms with E-state index in [0.29, 0.717) is 11.1 Å². The van der Waals surface area contributed by atoms with Gasteiger partial charge in [0.2, 0.25) is 0 Å². The predicted octanol–water partition coefficient (Wildman–Crippen LogP) is 4.06. The molecule has 33 heavy (non-hydrogen) atoms. The van der Waals surface area contributed by atoms with Crippen molar-refractivity contribution in [3.8, 4) is 5.82 Å². The fourth-order valence-corrected chi connectivity index (χ4v) is 4.34. The highest BCUT2D eigenvalue weighted by Gasteiger charge is 2.35. The number of ether oxygens (including phenoxy) is 1. The lowest BCUT2D eigenvalue weighted by Crippen LogP contribution is -2.16. The van der Waals surface area contributed by atoms with E-state index in [1.807, 2.05) is 13.8 Å². The van der Waals surface area contributed by atoms with Gasteiger partial charge in [-0.15, -0.1) is 5.10 Å². The Balaban J connectivity index is 1.63. The quantitative estimate of drug-likeness (QED) is 0.397. The van der Waals surface area contributed by atoms with Crippen LogP contribution in [0, 0.1) is 6.92 Å². The number of aryl methyl sites for hydroxylation is 1. The van der Waals surface area contributed by atoms with Crippen LogP contribution in [0.1, 0.15) is 40.3 Å². The number of ketones is 1. The summed E-state index contributed by atoms with van der Waals surface area (Å²) in [5.41, 5.74) is 1.23. The normalized spacial score (nSPS) is 12.9. The van der Waals surface area contributed by atoms with Crippen LogP contribution in [0.25, 0.3) is 16.2 Å². The van der Waals surface area contributed by atoms with Gasteiger partial charge in [-0.25, -0.2) is 19.6 Å². The number of methoxy groups -OCH3 is 1. The average molecular weight is 476 g/mol. The van der Waals surface area contributed by atoms with Crippen molar-refractivity contribution >= 4 is 27.5 Å². The molecule has 8 nitrogen and oxygen atoms in total. The zero-order chi connectivity index (χ0) is 23.8. The molecule has 172 valence electrons. The Bertz CT molecular complexity index is 1300. The largest absolute Gasteiger partial charge is 0.420 e. The maximum absolute atomic E-state index is 13.6. The molecule has 0 saturated heterocycles. The van der Waals surface area contributed by atoms with E-state index in [-0.39, 0.29) is 30.3 Å². The van der Waals surface area contributed by atoms with Crippen molar-refractivity contribution in [1.82, 2.24) is 29.9 Å². The van der Waals surface area contributed by atoms with Crippen molar-refractivity contribution in [2.24, 2.45) is 0 Å². The number of rotatable bonds is 7. The second-order valence-electron chi connectivity index (χ2n) is 7.41. The third-order valence-corrected chi connectivity index (χ3v) is 5.95. The lowest BCUT2D eigenvalue weighted by atomic mass is 9.97. The zero-order valence-electron chi connectivity index (χ0n) is 17.9. The molecule has 4 aromatic heterocycles. The SMILES string of the molecule is COC(C)c1c(CC(=O)Cc2cnc(-n3ccnn3)c(C(F)(F)F)c2)cnc2sc(C)nc12. The van der Waals surface area contributed by atoms with Gasteiger partial charge in [0, 0.05) is 37.9 Å². The van der Waals surface area contributed by atoms with Crippen LogP contribution < -0.4 is 0 Å². The number of Topliss-reactive ketones (excluding diaryl/α,β-unsaturated/α-hetero) is 1. The van der Waals surface area contributed by atoms with Crippen molar-refractivity contribution in [3.63, 3.8) is 0 Å². The lowest BCUT2D eigenvalue weighted by Gasteiger charge is -2.16. The van der Waals surface area contributed by atoms with Gasteiger partial charge >= 0.3 is 6.18 Å². The first-order valence-electron chi connectivity index (χ1n) is 9.89. The predicted molar refractivity (Wildman–Crippen MR) is 114 cm³/mol. The first kappa shape index (κ1) is 22.9. The van der Waals surface area contributed by atoms with Crippen LogP contribution in [0.4, 0.5) is 13.2 Å². The van der Waals surface area contributed by atoms with Gasteiger partial charge in [-0.3, -0.25) is 4.79 Å². The maximum atomic E-state index is 13.6. The average Bonchev–Trinajstić information content (AvgIpc) is 3.41. The first-order chi connectivity index (χ1) is 15.7. The number of fused-ring (bicyclic) bond motifs is 1. The van der Waals surface area contributed by atoms with Gasteiger partial charge in [-0.05, 0) is 31.0 Å². The van der Waals surface area contributed by atoms with Crippen molar-refractivity contribution in [3.05, 3.63) is 58.1 Å². The summed E-state index contributed by atoms with van der Waals surface area (Å²) in [6, 6.07) is 0.922. The molecule has 0 aliphatic carbocycles. The molecule has 12 heteroatoms. The van der Waals surface area contributed by atoms with Crippen LogP contribution in [-0.4, -0.2) is 42.8 Å². The van der Waals surface area contributed by atoms with Gasteiger partial charge in [0.25, 0.3) is 0 Å². The molecule has 1 atom stereocenters. The third kappa shape index (κ3) is 4.76. The van der Waals surface area contributed by atoms with Gasteiger partial charge in [-0.2, -0.15) is 13.2 Å². The van der Waals surface area contributed by atoms with Gasteiger partial charge in [0.05, 0.1) is 23.5 Å². The third-order valence-electron chi connectivity index (χ3n) is 5.07. The molecule has 0 fully saturated rings. The second-order valence-corrected chi connectivity index (χ2v) is 8.60. The fraction of sp³-hybridized carbons (Fsp3) is 0.333. The van der Waals surface area contributed by atoms with E-state index in [9.17, 15) is 18.0 Å². The Hall–Kier alpha value is -3.25. The van der Waals surface area contributed by atoms with Crippen molar-refractivity contribution in [1.29, 1.82) is 0 Å². The number of aromatic nitrogens is 6. The van der Waals surface area contributed by atoms with Gasteiger partial charge in [0.15, 0.2) is 5.82 Å². The summed E-state index contributed by atoms with van der Waals surface area (Å²) in [6.07, 6.45) is 0.129. The highest BCUT2D eigenvalue weighted by atomic mass is 32.1. The highest BCUT2D eigenvalue weighted by Crippen LogP contribution is 2.34. The number of nitrogens with zero attached hydrogens (tertiary/aromatic N) is 6. The van der Waals surface area contributed by atoms with E-state index in [1.54, 1.807) is 13.3 Å². The standard InChI is InChI=1S/C21H19F3N6O2S/c1-11(32-3)17-14(10-26-20-18(17)28-12(2)33-20)8-15(31)6-13-7-16(21(22,23)24)19(25-9-13)30-5-4-27-29-30/h4-5,7,9-11H,6,8H2,1-3H3. The van der Waals surface area contributed by atoms with Crippen molar-refractivity contribution < 1.29 is 22.7 Å². The van der Waals surface area contributed by atoms with E-state index in [0.717, 1.165) is 26.1 Å². The molecule has 0 saturated carbocycles. The van der Waals surface area contributed by atoms with Gasteiger partial charge in [0.1, 0.15) is 21.7 Å². The summed E-state index contributed by atoms with van der Waals surface area (Å²) in [5, 5.41) is 7.94. The topological polar surface area (TPSA) is 95.7 Å². The highest BCUT2D eigenvalue weighted by molar-refractivity contribution is 7.18.